The highest BCUT2D eigenvalue weighted by Crippen LogP contribution is 2.39. The van der Waals surface area contributed by atoms with Crippen molar-refractivity contribution in [2.75, 3.05) is 5.73 Å². The quantitative estimate of drug-likeness (QED) is 0.227. The Bertz CT molecular complexity index is 1770. The standard InChI is InChI=1S/C25H18N6O3/c26-9-15-16(27)3-4-17-20(15)13-8-14-22-18(34-24(14)21(25(28)32)23(13)30-17)5-6-19(31-22)33-11-12-2-1-7-29-10-12/h1-10,26,31H,11,27H2,(H2,28,32). The van der Waals surface area contributed by atoms with E-state index in [2.05, 4.69) is 15.0 Å². The number of pyridine rings is 2. The molecule has 0 spiro atoms. The summed E-state index contributed by atoms with van der Waals surface area (Å²) in [5.74, 6) is -0.135. The predicted molar refractivity (Wildman–Crippen MR) is 130 cm³/mol. The fourth-order valence-electron chi connectivity index (χ4n) is 4.34. The molecule has 166 valence electrons. The van der Waals surface area contributed by atoms with Crippen LogP contribution in [0.15, 0.2) is 59.3 Å². The summed E-state index contributed by atoms with van der Waals surface area (Å²) in [6.07, 6.45) is 4.63. The Labute approximate surface area is 191 Å². The highest BCUT2D eigenvalue weighted by molar-refractivity contribution is 6.27. The molecule has 4 heterocycles. The van der Waals surface area contributed by atoms with Crippen LogP contribution in [0.5, 0.6) is 5.88 Å². The molecule has 34 heavy (non-hydrogen) atoms. The van der Waals surface area contributed by atoms with Crippen molar-refractivity contribution in [2.45, 2.75) is 6.61 Å². The summed E-state index contributed by atoms with van der Waals surface area (Å²) in [5.41, 5.74) is 16.5. The van der Waals surface area contributed by atoms with Crippen molar-refractivity contribution in [2.24, 2.45) is 5.73 Å². The van der Waals surface area contributed by atoms with E-state index < -0.39 is 5.91 Å². The van der Waals surface area contributed by atoms with Crippen molar-refractivity contribution in [3.8, 4) is 5.88 Å². The smallest absolute Gasteiger partial charge is 0.254 e. The van der Waals surface area contributed by atoms with Gasteiger partial charge in [-0.05, 0) is 30.3 Å². The number of rotatable bonds is 5. The first kappa shape index (κ1) is 19.7. The second-order valence-electron chi connectivity index (χ2n) is 7.92. The lowest BCUT2D eigenvalue weighted by Gasteiger charge is -2.06. The third-order valence-electron chi connectivity index (χ3n) is 5.88. The van der Waals surface area contributed by atoms with Gasteiger partial charge in [-0.2, -0.15) is 0 Å². The maximum absolute atomic E-state index is 12.5. The molecule has 0 fully saturated rings. The molecule has 6 N–H and O–H groups in total. The SMILES string of the molecule is N=Cc1c(N)ccc2nc3c(C(N)=O)c4oc5ccc(OCc6cccnc6)[nH]c5c4cc3c12. The number of carbonyl (C=O) groups is 1. The zero-order valence-electron chi connectivity index (χ0n) is 17.8. The van der Waals surface area contributed by atoms with Crippen LogP contribution in [-0.2, 0) is 6.61 Å². The number of aromatic amines is 1. The molecule has 4 aromatic heterocycles. The number of ether oxygens (including phenoxy) is 1. The Hall–Kier alpha value is -4.92. The van der Waals surface area contributed by atoms with E-state index in [1.165, 1.54) is 6.21 Å². The number of aromatic nitrogens is 3. The molecule has 0 unspecified atom stereocenters. The van der Waals surface area contributed by atoms with E-state index in [1.807, 2.05) is 18.2 Å². The van der Waals surface area contributed by atoms with Crippen LogP contribution in [0.4, 0.5) is 5.69 Å². The molecule has 0 aliphatic carbocycles. The van der Waals surface area contributed by atoms with Gasteiger partial charge in [-0.1, -0.05) is 6.07 Å². The number of hydrogen-bond donors (Lipinski definition) is 4. The Morgan fingerprint density at radius 2 is 2.09 bits per heavy atom. The van der Waals surface area contributed by atoms with E-state index >= 15 is 0 Å². The molecular formula is C25H18N6O3. The predicted octanol–water partition coefficient (Wildman–Crippen LogP) is 4.27. The van der Waals surface area contributed by atoms with Gasteiger partial charge in [-0.15, -0.1) is 0 Å². The van der Waals surface area contributed by atoms with E-state index in [-0.39, 0.29) is 5.56 Å². The number of primary amides is 1. The molecule has 0 atom stereocenters. The van der Waals surface area contributed by atoms with Crippen LogP contribution in [-0.4, -0.2) is 27.1 Å². The number of furan rings is 1. The number of fused-ring (bicyclic) bond motifs is 6. The minimum atomic E-state index is -0.658. The van der Waals surface area contributed by atoms with Crippen molar-refractivity contribution in [3.05, 3.63) is 71.5 Å². The molecule has 6 aromatic rings. The van der Waals surface area contributed by atoms with Crippen molar-refractivity contribution in [1.29, 1.82) is 5.41 Å². The molecular weight excluding hydrogens is 432 g/mol. The summed E-state index contributed by atoms with van der Waals surface area (Å²) in [7, 11) is 0. The molecule has 0 aliphatic rings. The number of nitrogens with one attached hydrogen (secondary N) is 2. The summed E-state index contributed by atoms with van der Waals surface area (Å²) >= 11 is 0. The lowest BCUT2D eigenvalue weighted by atomic mass is 10.0. The van der Waals surface area contributed by atoms with Gasteiger partial charge in [0.1, 0.15) is 12.2 Å². The van der Waals surface area contributed by atoms with Gasteiger partial charge in [0.2, 0.25) is 0 Å². The van der Waals surface area contributed by atoms with Gasteiger partial charge in [0.25, 0.3) is 5.91 Å². The number of amides is 1. The molecule has 6 rings (SSSR count). The minimum Gasteiger partial charge on any atom is -0.474 e. The first-order valence-corrected chi connectivity index (χ1v) is 10.5. The Morgan fingerprint density at radius 3 is 2.85 bits per heavy atom. The van der Waals surface area contributed by atoms with Gasteiger partial charge in [-0.25, -0.2) is 4.98 Å². The number of nitrogens with two attached hydrogens (primary N) is 2. The lowest BCUT2D eigenvalue weighted by molar-refractivity contribution is 0.100. The molecule has 0 bridgehead atoms. The number of H-pyrrole nitrogens is 1. The van der Waals surface area contributed by atoms with Gasteiger partial charge >= 0.3 is 0 Å². The van der Waals surface area contributed by atoms with Gasteiger partial charge in [0.15, 0.2) is 17.0 Å². The molecule has 2 aromatic carbocycles. The number of nitrogens with zero attached hydrogens (tertiary/aromatic N) is 2. The lowest BCUT2D eigenvalue weighted by Crippen LogP contribution is -2.12. The average Bonchev–Trinajstić information content (AvgIpc) is 3.39. The van der Waals surface area contributed by atoms with Gasteiger partial charge in [0.05, 0.1) is 16.6 Å². The summed E-state index contributed by atoms with van der Waals surface area (Å²) < 4.78 is 11.9. The van der Waals surface area contributed by atoms with Crippen molar-refractivity contribution in [3.63, 3.8) is 0 Å². The average molecular weight is 450 g/mol. The second-order valence-corrected chi connectivity index (χ2v) is 7.92. The van der Waals surface area contributed by atoms with Gasteiger partial charge in [0, 0.05) is 57.6 Å². The van der Waals surface area contributed by atoms with Crippen molar-refractivity contribution in [1.82, 2.24) is 15.0 Å². The first-order valence-electron chi connectivity index (χ1n) is 10.5. The van der Waals surface area contributed by atoms with Crippen LogP contribution < -0.4 is 16.2 Å². The second kappa shape index (κ2) is 7.31. The molecule has 1 amide bonds. The molecule has 9 heteroatoms. The Morgan fingerprint density at radius 1 is 1.21 bits per heavy atom. The summed E-state index contributed by atoms with van der Waals surface area (Å²) in [6, 6.07) is 12.6. The first-order chi connectivity index (χ1) is 16.5. The summed E-state index contributed by atoms with van der Waals surface area (Å²) in [4.78, 5) is 24.5. The fraction of sp³-hybridized carbons (Fsp3) is 0.0400. The highest BCUT2D eigenvalue weighted by Gasteiger charge is 2.23. The van der Waals surface area contributed by atoms with E-state index in [0.717, 1.165) is 5.56 Å². The van der Waals surface area contributed by atoms with Crippen LogP contribution in [0.3, 0.4) is 0 Å². The zero-order valence-corrected chi connectivity index (χ0v) is 17.8. The number of benzene rings is 2. The number of anilines is 1. The van der Waals surface area contributed by atoms with E-state index in [1.54, 1.807) is 36.7 Å². The third-order valence-corrected chi connectivity index (χ3v) is 5.88. The molecule has 0 radical (unpaired) electrons. The van der Waals surface area contributed by atoms with Crippen LogP contribution in [0.1, 0.15) is 21.5 Å². The summed E-state index contributed by atoms with van der Waals surface area (Å²) in [6.45, 7) is 0.335. The summed E-state index contributed by atoms with van der Waals surface area (Å²) in [5, 5.41) is 9.86. The van der Waals surface area contributed by atoms with Crippen molar-refractivity contribution >= 4 is 61.7 Å². The number of nitrogen functional groups attached to an aromatic ring is 1. The molecule has 0 aliphatic heterocycles. The number of carbonyl (C=O) groups excluding carboxylic acids is 1. The maximum Gasteiger partial charge on any atom is 0.254 e. The normalized spacial score (nSPS) is 11.5. The Kier molecular flexibility index (Phi) is 4.24. The Balaban J connectivity index is 1.61. The molecule has 9 nitrogen and oxygen atoms in total. The number of hydrogen-bond acceptors (Lipinski definition) is 7. The van der Waals surface area contributed by atoms with E-state index in [0.29, 0.717) is 67.6 Å². The largest absolute Gasteiger partial charge is 0.474 e. The fourth-order valence-corrected chi connectivity index (χ4v) is 4.34. The van der Waals surface area contributed by atoms with E-state index in [9.17, 15) is 4.79 Å². The van der Waals surface area contributed by atoms with Crippen LogP contribution in [0.25, 0.3) is 43.9 Å². The van der Waals surface area contributed by atoms with Crippen LogP contribution in [0.2, 0.25) is 0 Å². The van der Waals surface area contributed by atoms with Gasteiger partial charge < -0.3 is 31.0 Å². The topological polar surface area (TPSA) is 157 Å². The monoisotopic (exact) mass is 450 g/mol. The van der Waals surface area contributed by atoms with Crippen LogP contribution in [0, 0.1) is 5.41 Å². The minimum absolute atomic E-state index is 0.181. The molecule has 0 saturated heterocycles. The highest BCUT2D eigenvalue weighted by atomic mass is 16.5. The maximum atomic E-state index is 12.5. The van der Waals surface area contributed by atoms with Crippen molar-refractivity contribution < 1.29 is 13.9 Å². The third kappa shape index (κ3) is 2.87. The molecule has 0 saturated carbocycles. The van der Waals surface area contributed by atoms with E-state index in [4.69, 9.17) is 26.0 Å². The van der Waals surface area contributed by atoms with Gasteiger partial charge in [-0.3, -0.25) is 9.78 Å². The zero-order chi connectivity index (χ0) is 23.4. The van der Waals surface area contributed by atoms with Crippen LogP contribution >= 0.6 is 0 Å².